The van der Waals surface area contributed by atoms with E-state index in [0.29, 0.717) is 18.9 Å². The normalized spacial score (nSPS) is 18.3. The minimum Gasteiger partial charge on any atom is -0.396 e. The molecule has 3 rings (SSSR count). The predicted molar refractivity (Wildman–Crippen MR) is 127 cm³/mol. The average molecular weight is 422 g/mol. The molecule has 0 aromatic heterocycles. The van der Waals surface area contributed by atoms with Gasteiger partial charge in [-0.25, -0.2) is 0 Å². The summed E-state index contributed by atoms with van der Waals surface area (Å²) in [4.78, 5) is 12.8. The van der Waals surface area contributed by atoms with Crippen molar-refractivity contribution in [2.24, 2.45) is 16.9 Å². The van der Waals surface area contributed by atoms with Crippen molar-refractivity contribution in [2.45, 2.75) is 52.0 Å². The molecule has 1 aliphatic rings. The maximum Gasteiger partial charge on any atom is 0.220 e. The Morgan fingerprint density at radius 2 is 1.71 bits per heavy atom. The molecule has 0 saturated carbocycles. The van der Waals surface area contributed by atoms with Crippen LogP contribution in [-0.4, -0.2) is 35.9 Å². The number of para-hydroxylation sites is 1. The topological polar surface area (TPSA) is 64.9 Å². The fraction of sp³-hybridized carbons (Fsp3) is 0.462. The number of nitrogens with zero attached hydrogens (tertiary/aromatic N) is 2. The van der Waals surface area contributed by atoms with Gasteiger partial charge in [0.25, 0.3) is 0 Å². The molecule has 0 saturated heterocycles. The molecule has 2 aromatic rings. The first-order chi connectivity index (χ1) is 15.1. The van der Waals surface area contributed by atoms with Crippen molar-refractivity contribution in [3.05, 3.63) is 66.2 Å². The van der Waals surface area contributed by atoms with Crippen molar-refractivity contribution in [1.82, 2.24) is 5.32 Å². The lowest BCUT2D eigenvalue weighted by Crippen LogP contribution is -2.38. The molecule has 0 bridgehead atoms. The molecule has 166 valence electrons. The van der Waals surface area contributed by atoms with Crippen LogP contribution in [0.2, 0.25) is 0 Å². The van der Waals surface area contributed by atoms with E-state index >= 15 is 0 Å². The van der Waals surface area contributed by atoms with E-state index in [-0.39, 0.29) is 24.5 Å². The number of carbonyl (C=O) groups is 1. The quantitative estimate of drug-likeness (QED) is 0.521. The molecular weight excluding hydrogens is 386 g/mol. The van der Waals surface area contributed by atoms with E-state index in [1.54, 1.807) is 0 Å². The Bertz CT molecular complexity index is 836. The zero-order chi connectivity index (χ0) is 22.1. The number of hydrazone groups is 1. The predicted octanol–water partition coefficient (Wildman–Crippen LogP) is 4.61. The maximum absolute atomic E-state index is 12.8. The minimum atomic E-state index is 0.0300. The van der Waals surface area contributed by atoms with Crippen LogP contribution in [0.3, 0.4) is 0 Å². The Balaban J connectivity index is 1.83. The number of carbonyl (C=O) groups excluding carboxylic acids is 1. The molecule has 5 nitrogen and oxygen atoms in total. The van der Waals surface area contributed by atoms with E-state index in [1.165, 1.54) is 0 Å². The maximum atomic E-state index is 12.8. The number of nitrogens with one attached hydrogen (secondary N) is 1. The molecule has 0 fully saturated rings. The molecule has 2 N–H and O–H groups in total. The van der Waals surface area contributed by atoms with Crippen molar-refractivity contribution < 1.29 is 9.90 Å². The number of benzene rings is 2. The van der Waals surface area contributed by atoms with Gasteiger partial charge in [0.1, 0.15) is 0 Å². The van der Waals surface area contributed by atoms with Gasteiger partial charge in [0.05, 0.1) is 17.4 Å². The van der Waals surface area contributed by atoms with Gasteiger partial charge in [0, 0.05) is 25.5 Å². The average Bonchev–Trinajstić information content (AvgIpc) is 3.12. The second-order valence-electron chi connectivity index (χ2n) is 8.67. The molecule has 31 heavy (non-hydrogen) atoms. The Morgan fingerprint density at radius 3 is 2.35 bits per heavy atom. The lowest BCUT2D eigenvalue weighted by molar-refractivity contribution is -0.121. The summed E-state index contributed by atoms with van der Waals surface area (Å²) in [6, 6.07) is 20.6. The molecule has 0 aliphatic carbocycles. The van der Waals surface area contributed by atoms with Crippen LogP contribution in [0.4, 0.5) is 5.69 Å². The molecule has 1 heterocycles. The van der Waals surface area contributed by atoms with Crippen LogP contribution in [0.5, 0.6) is 0 Å². The van der Waals surface area contributed by atoms with Crippen LogP contribution in [0.25, 0.3) is 0 Å². The van der Waals surface area contributed by atoms with E-state index in [0.717, 1.165) is 42.6 Å². The standard InChI is InChI=1S/C26H35N3O2/c1-20(2)18-24-23(19-25(31)27-16-10-5-11-17-30)26(21-12-6-3-7-13-21)28-29(24)22-14-8-4-9-15-22/h3-4,6-9,12-15,20,23-24,30H,5,10-11,16-19H2,1-2H3,(H,27,31). The highest BCUT2D eigenvalue weighted by atomic mass is 16.2. The monoisotopic (exact) mass is 421 g/mol. The van der Waals surface area contributed by atoms with Crippen molar-refractivity contribution in [3.63, 3.8) is 0 Å². The highest BCUT2D eigenvalue weighted by Gasteiger charge is 2.39. The summed E-state index contributed by atoms with van der Waals surface area (Å²) in [5.74, 6) is 0.592. The Kier molecular flexibility index (Phi) is 8.65. The fourth-order valence-electron chi connectivity index (χ4n) is 4.22. The fourth-order valence-corrected chi connectivity index (χ4v) is 4.22. The molecule has 0 radical (unpaired) electrons. The van der Waals surface area contributed by atoms with E-state index in [1.807, 2.05) is 36.4 Å². The highest BCUT2D eigenvalue weighted by molar-refractivity contribution is 6.06. The highest BCUT2D eigenvalue weighted by Crippen LogP contribution is 2.35. The van der Waals surface area contributed by atoms with Crippen LogP contribution >= 0.6 is 0 Å². The SMILES string of the molecule is CC(C)CC1C(CC(=O)NCCCCCO)C(c2ccccc2)=NN1c1ccccc1. The molecule has 2 unspecified atom stereocenters. The molecule has 0 spiro atoms. The van der Waals surface area contributed by atoms with Gasteiger partial charge in [-0.2, -0.15) is 5.10 Å². The largest absolute Gasteiger partial charge is 0.396 e. The van der Waals surface area contributed by atoms with Crippen LogP contribution in [-0.2, 0) is 4.79 Å². The zero-order valence-electron chi connectivity index (χ0n) is 18.7. The summed E-state index contributed by atoms with van der Waals surface area (Å²) < 4.78 is 0. The third-order valence-corrected chi connectivity index (χ3v) is 5.71. The third-order valence-electron chi connectivity index (χ3n) is 5.71. The van der Waals surface area contributed by atoms with Crippen molar-refractivity contribution in [1.29, 1.82) is 0 Å². The summed E-state index contributed by atoms with van der Waals surface area (Å²) in [6.07, 6.45) is 3.99. The van der Waals surface area contributed by atoms with Gasteiger partial charge in [-0.05, 0) is 49.3 Å². The van der Waals surface area contributed by atoms with E-state index in [4.69, 9.17) is 10.2 Å². The first-order valence-corrected chi connectivity index (χ1v) is 11.5. The van der Waals surface area contributed by atoms with Gasteiger partial charge in [-0.3, -0.25) is 9.80 Å². The third kappa shape index (κ3) is 6.41. The van der Waals surface area contributed by atoms with E-state index in [2.05, 4.69) is 48.4 Å². The van der Waals surface area contributed by atoms with Gasteiger partial charge < -0.3 is 10.4 Å². The summed E-state index contributed by atoms with van der Waals surface area (Å²) in [5.41, 5.74) is 3.13. The van der Waals surface area contributed by atoms with E-state index in [9.17, 15) is 4.79 Å². The number of anilines is 1. The number of aliphatic hydroxyl groups excluding tert-OH is 1. The van der Waals surface area contributed by atoms with E-state index < -0.39 is 0 Å². The number of amides is 1. The first kappa shape index (κ1) is 23.0. The van der Waals surface area contributed by atoms with Crippen LogP contribution in [0.1, 0.15) is 51.5 Å². The number of hydrogen-bond donors (Lipinski definition) is 2. The lowest BCUT2D eigenvalue weighted by Gasteiger charge is -2.29. The summed E-state index contributed by atoms with van der Waals surface area (Å²) in [5, 5.41) is 19.2. The summed E-state index contributed by atoms with van der Waals surface area (Å²) in [7, 11) is 0. The van der Waals surface area contributed by atoms with Crippen LogP contribution in [0.15, 0.2) is 65.8 Å². The summed E-state index contributed by atoms with van der Waals surface area (Å²) >= 11 is 0. The smallest absolute Gasteiger partial charge is 0.220 e. The second-order valence-corrected chi connectivity index (χ2v) is 8.67. The number of rotatable bonds is 11. The number of unbranched alkanes of at least 4 members (excludes halogenated alkanes) is 2. The Morgan fingerprint density at radius 1 is 1.03 bits per heavy atom. The van der Waals surface area contributed by atoms with Crippen LogP contribution < -0.4 is 10.3 Å². The van der Waals surface area contributed by atoms with Gasteiger partial charge in [0.2, 0.25) is 5.91 Å². The van der Waals surface area contributed by atoms with Crippen molar-refractivity contribution >= 4 is 17.3 Å². The van der Waals surface area contributed by atoms with Gasteiger partial charge in [0.15, 0.2) is 0 Å². The van der Waals surface area contributed by atoms with Gasteiger partial charge >= 0.3 is 0 Å². The summed E-state index contributed by atoms with van der Waals surface area (Å²) in [6.45, 7) is 5.31. The number of hydrogen-bond acceptors (Lipinski definition) is 4. The molecule has 1 amide bonds. The first-order valence-electron chi connectivity index (χ1n) is 11.5. The Hall–Kier alpha value is -2.66. The van der Waals surface area contributed by atoms with Crippen LogP contribution in [0, 0.1) is 11.8 Å². The van der Waals surface area contributed by atoms with Gasteiger partial charge in [-0.1, -0.05) is 62.4 Å². The molecule has 2 aromatic carbocycles. The molecule has 1 aliphatic heterocycles. The minimum absolute atomic E-state index is 0.0300. The van der Waals surface area contributed by atoms with Crippen molar-refractivity contribution in [3.8, 4) is 0 Å². The van der Waals surface area contributed by atoms with Crippen molar-refractivity contribution in [2.75, 3.05) is 18.2 Å². The zero-order valence-corrected chi connectivity index (χ0v) is 18.7. The van der Waals surface area contributed by atoms with Gasteiger partial charge in [-0.15, -0.1) is 0 Å². The Labute approximate surface area is 186 Å². The second kappa shape index (κ2) is 11.7. The molecule has 5 heteroatoms. The molecular formula is C26H35N3O2. The molecule has 2 atom stereocenters. The number of aliphatic hydroxyl groups is 1. The lowest BCUT2D eigenvalue weighted by atomic mass is 9.84.